The topological polar surface area (TPSA) is 62.0 Å². The smallest absolute Gasteiger partial charge is 0.119 e. The van der Waals surface area contributed by atoms with E-state index < -0.39 is 5.60 Å². The van der Waals surface area contributed by atoms with Crippen LogP contribution in [0.3, 0.4) is 0 Å². The number of aliphatic hydroxyl groups is 1. The Morgan fingerprint density at radius 2 is 1.88 bits per heavy atom. The SMILES string of the molecule is C/C(Cc1ccc(OCC(C)(C)O)cc1)=N/O. The largest absolute Gasteiger partial charge is 0.491 e. The molecule has 0 saturated carbocycles. The summed E-state index contributed by atoms with van der Waals surface area (Å²) >= 11 is 0. The summed E-state index contributed by atoms with van der Waals surface area (Å²) in [6.45, 7) is 5.41. The highest BCUT2D eigenvalue weighted by atomic mass is 16.5. The van der Waals surface area contributed by atoms with Gasteiger partial charge in [-0.15, -0.1) is 0 Å². The zero-order chi connectivity index (χ0) is 12.9. The third-order valence-electron chi connectivity index (χ3n) is 2.15. The Balaban J connectivity index is 2.56. The van der Waals surface area contributed by atoms with E-state index in [1.165, 1.54) is 0 Å². The number of oxime groups is 1. The summed E-state index contributed by atoms with van der Waals surface area (Å²) in [5, 5.41) is 21.2. The number of nitrogens with zero attached hydrogens (tertiary/aromatic N) is 1. The van der Waals surface area contributed by atoms with Gasteiger partial charge in [-0.1, -0.05) is 17.3 Å². The first kappa shape index (κ1) is 13.5. The van der Waals surface area contributed by atoms with Gasteiger partial charge in [-0.05, 0) is 38.5 Å². The molecule has 0 aliphatic heterocycles. The molecule has 0 aromatic heterocycles. The molecule has 0 heterocycles. The number of hydrogen-bond donors (Lipinski definition) is 2. The van der Waals surface area contributed by atoms with Gasteiger partial charge < -0.3 is 15.1 Å². The molecule has 0 aliphatic carbocycles. The molecule has 94 valence electrons. The summed E-state index contributed by atoms with van der Waals surface area (Å²) < 4.78 is 5.43. The van der Waals surface area contributed by atoms with E-state index >= 15 is 0 Å². The van der Waals surface area contributed by atoms with Gasteiger partial charge in [0.2, 0.25) is 0 Å². The average Bonchev–Trinajstić information content (AvgIpc) is 2.27. The van der Waals surface area contributed by atoms with Gasteiger partial charge in [-0.25, -0.2) is 0 Å². The standard InChI is InChI=1S/C13H19NO3/c1-10(14-16)8-11-4-6-12(7-5-11)17-9-13(2,3)15/h4-7,15-16H,8-9H2,1-3H3/b14-10-. The van der Waals surface area contributed by atoms with Crippen molar-refractivity contribution in [3.8, 4) is 5.75 Å². The summed E-state index contributed by atoms with van der Waals surface area (Å²) in [7, 11) is 0. The van der Waals surface area contributed by atoms with Crippen LogP contribution in [0, 0.1) is 0 Å². The second-order valence-electron chi connectivity index (χ2n) is 4.76. The highest BCUT2D eigenvalue weighted by Gasteiger charge is 2.13. The third kappa shape index (κ3) is 5.36. The van der Waals surface area contributed by atoms with E-state index in [1.807, 2.05) is 24.3 Å². The lowest BCUT2D eigenvalue weighted by Crippen LogP contribution is -2.27. The van der Waals surface area contributed by atoms with E-state index in [9.17, 15) is 5.11 Å². The summed E-state index contributed by atoms with van der Waals surface area (Å²) in [6, 6.07) is 7.50. The highest BCUT2D eigenvalue weighted by molar-refractivity contribution is 5.83. The Morgan fingerprint density at radius 3 is 2.35 bits per heavy atom. The van der Waals surface area contributed by atoms with Crippen LogP contribution >= 0.6 is 0 Å². The minimum Gasteiger partial charge on any atom is -0.491 e. The van der Waals surface area contributed by atoms with Crippen LogP contribution in [0.2, 0.25) is 0 Å². The fourth-order valence-corrected chi connectivity index (χ4v) is 1.29. The van der Waals surface area contributed by atoms with Crippen LogP contribution in [0.25, 0.3) is 0 Å². The van der Waals surface area contributed by atoms with Crippen LogP contribution in [0.5, 0.6) is 5.75 Å². The van der Waals surface area contributed by atoms with E-state index in [0.717, 1.165) is 11.3 Å². The summed E-state index contributed by atoms with van der Waals surface area (Å²) in [4.78, 5) is 0. The van der Waals surface area contributed by atoms with Crippen molar-refractivity contribution in [2.24, 2.45) is 5.16 Å². The Hall–Kier alpha value is -1.55. The van der Waals surface area contributed by atoms with Crippen molar-refractivity contribution in [3.63, 3.8) is 0 Å². The molecule has 0 bridgehead atoms. The van der Waals surface area contributed by atoms with Crippen molar-refractivity contribution in [2.45, 2.75) is 32.8 Å². The molecule has 0 unspecified atom stereocenters. The first-order chi connectivity index (χ1) is 7.90. The van der Waals surface area contributed by atoms with Crippen molar-refractivity contribution in [1.82, 2.24) is 0 Å². The molecule has 1 aromatic carbocycles. The highest BCUT2D eigenvalue weighted by Crippen LogP contribution is 2.14. The average molecular weight is 237 g/mol. The molecule has 1 rings (SSSR count). The fourth-order valence-electron chi connectivity index (χ4n) is 1.29. The molecule has 4 nitrogen and oxygen atoms in total. The lowest BCUT2D eigenvalue weighted by molar-refractivity contribution is 0.0285. The summed E-state index contributed by atoms with van der Waals surface area (Å²) in [6.07, 6.45) is 0.613. The van der Waals surface area contributed by atoms with Gasteiger partial charge in [-0.2, -0.15) is 0 Å². The van der Waals surface area contributed by atoms with Crippen LogP contribution in [-0.4, -0.2) is 28.2 Å². The van der Waals surface area contributed by atoms with Crippen LogP contribution in [0.15, 0.2) is 29.4 Å². The first-order valence-electron chi connectivity index (χ1n) is 5.52. The number of hydrogen-bond acceptors (Lipinski definition) is 4. The zero-order valence-corrected chi connectivity index (χ0v) is 10.5. The van der Waals surface area contributed by atoms with Gasteiger partial charge in [0.05, 0.1) is 11.3 Å². The molecular weight excluding hydrogens is 218 g/mol. The van der Waals surface area contributed by atoms with Crippen molar-refractivity contribution >= 4 is 5.71 Å². The molecule has 1 aromatic rings. The molecule has 4 heteroatoms. The molecule has 17 heavy (non-hydrogen) atoms. The van der Waals surface area contributed by atoms with E-state index in [1.54, 1.807) is 20.8 Å². The van der Waals surface area contributed by atoms with E-state index in [2.05, 4.69) is 5.16 Å². The van der Waals surface area contributed by atoms with Gasteiger partial charge in [0.1, 0.15) is 12.4 Å². The summed E-state index contributed by atoms with van der Waals surface area (Å²) in [5.41, 5.74) is 0.879. The Labute approximate surface area is 102 Å². The summed E-state index contributed by atoms with van der Waals surface area (Å²) in [5.74, 6) is 0.717. The van der Waals surface area contributed by atoms with Gasteiger partial charge >= 0.3 is 0 Å². The number of rotatable bonds is 5. The maximum Gasteiger partial charge on any atom is 0.119 e. The van der Waals surface area contributed by atoms with Crippen molar-refractivity contribution < 1.29 is 15.1 Å². The maximum absolute atomic E-state index is 9.52. The van der Waals surface area contributed by atoms with E-state index in [-0.39, 0.29) is 6.61 Å². The van der Waals surface area contributed by atoms with Gasteiger partial charge in [0.25, 0.3) is 0 Å². The Bertz CT molecular complexity index is 377. The molecule has 2 N–H and O–H groups in total. The van der Waals surface area contributed by atoms with E-state index in [0.29, 0.717) is 12.1 Å². The van der Waals surface area contributed by atoms with Crippen LogP contribution in [-0.2, 0) is 6.42 Å². The second-order valence-corrected chi connectivity index (χ2v) is 4.76. The predicted molar refractivity (Wildman–Crippen MR) is 66.8 cm³/mol. The fraction of sp³-hybridized carbons (Fsp3) is 0.462. The van der Waals surface area contributed by atoms with Crippen molar-refractivity contribution in [2.75, 3.05) is 6.61 Å². The molecule has 0 atom stereocenters. The van der Waals surface area contributed by atoms with Gasteiger partial charge in [0, 0.05) is 6.42 Å². The minimum atomic E-state index is -0.835. The Kier molecular flexibility index (Phi) is 4.52. The minimum absolute atomic E-state index is 0.253. The number of benzene rings is 1. The zero-order valence-electron chi connectivity index (χ0n) is 10.5. The van der Waals surface area contributed by atoms with Gasteiger partial charge in [0.15, 0.2) is 0 Å². The lowest BCUT2D eigenvalue weighted by Gasteiger charge is -2.17. The quantitative estimate of drug-likeness (QED) is 0.469. The first-order valence-corrected chi connectivity index (χ1v) is 5.52. The molecule has 0 radical (unpaired) electrons. The van der Waals surface area contributed by atoms with Crippen molar-refractivity contribution in [1.29, 1.82) is 0 Å². The van der Waals surface area contributed by atoms with Crippen molar-refractivity contribution in [3.05, 3.63) is 29.8 Å². The lowest BCUT2D eigenvalue weighted by atomic mass is 10.1. The molecular formula is C13H19NO3. The molecule has 0 saturated heterocycles. The molecule has 0 amide bonds. The molecule has 0 fully saturated rings. The third-order valence-corrected chi connectivity index (χ3v) is 2.15. The molecule has 0 aliphatic rings. The molecule has 0 spiro atoms. The number of ether oxygens (including phenoxy) is 1. The van der Waals surface area contributed by atoms with Crippen LogP contribution in [0.4, 0.5) is 0 Å². The van der Waals surface area contributed by atoms with E-state index in [4.69, 9.17) is 9.94 Å². The predicted octanol–water partition coefficient (Wildman–Crippen LogP) is 2.23. The Morgan fingerprint density at radius 1 is 1.29 bits per heavy atom. The normalized spacial score (nSPS) is 12.6. The van der Waals surface area contributed by atoms with Gasteiger partial charge in [-0.3, -0.25) is 0 Å². The van der Waals surface area contributed by atoms with Crippen LogP contribution < -0.4 is 4.74 Å². The second kappa shape index (κ2) is 5.68. The monoisotopic (exact) mass is 237 g/mol. The maximum atomic E-state index is 9.52. The van der Waals surface area contributed by atoms with Crippen LogP contribution in [0.1, 0.15) is 26.3 Å².